The number of nitrogens with one attached hydrogen (secondary N) is 1. The minimum Gasteiger partial charge on any atom is -0.497 e. The summed E-state index contributed by atoms with van der Waals surface area (Å²) in [6.45, 7) is 3.48. The van der Waals surface area contributed by atoms with Gasteiger partial charge < -0.3 is 14.8 Å². The average molecular weight is 335 g/mol. The highest BCUT2D eigenvalue weighted by Crippen LogP contribution is 2.26. The molecule has 0 fully saturated rings. The van der Waals surface area contributed by atoms with Crippen LogP contribution >= 0.6 is 0 Å². The number of rotatable bonds is 8. The van der Waals surface area contributed by atoms with Crippen LogP contribution in [0.3, 0.4) is 0 Å². The van der Waals surface area contributed by atoms with Crippen molar-refractivity contribution in [1.82, 2.24) is 15.1 Å². The third kappa shape index (κ3) is 4.11. The van der Waals surface area contributed by atoms with E-state index in [1.807, 2.05) is 6.92 Å². The standard InChI is InChI=1S/C17H22FN3O3/c1-4-21-16(17(22)19-8-5-9-23-2)11-15(20-21)13-7-6-12(24-3)10-14(13)18/h6-7,10-11H,4-5,8-9H2,1-3H3,(H,19,22). The van der Waals surface area contributed by atoms with Crippen LogP contribution in [0.4, 0.5) is 4.39 Å². The molecule has 2 aromatic rings. The lowest BCUT2D eigenvalue weighted by Crippen LogP contribution is -2.27. The Balaban J connectivity index is 2.22. The van der Waals surface area contributed by atoms with Crippen LogP contribution in [0.1, 0.15) is 23.8 Å². The molecule has 0 saturated carbocycles. The fourth-order valence-corrected chi connectivity index (χ4v) is 2.31. The lowest BCUT2D eigenvalue weighted by molar-refractivity contribution is 0.0938. The van der Waals surface area contributed by atoms with Gasteiger partial charge in [0.2, 0.25) is 0 Å². The van der Waals surface area contributed by atoms with Crippen molar-refractivity contribution in [1.29, 1.82) is 0 Å². The van der Waals surface area contributed by atoms with E-state index in [0.717, 1.165) is 6.42 Å². The van der Waals surface area contributed by atoms with Gasteiger partial charge in [0, 0.05) is 38.4 Å². The maximum atomic E-state index is 14.2. The van der Waals surface area contributed by atoms with E-state index in [0.29, 0.717) is 42.4 Å². The molecule has 0 spiro atoms. The Bertz CT molecular complexity index is 700. The first kappa shape index (κ1) is 17.9. The van der Waals surface area contributed by atoms with Crippen molar-refractivity contribution in [2.45, 2.75) is 19.9 Å². The number of amides is 1. The number of halogens is 1. The largest absolute Gasteiger partial charge is 0.497 e. The predicted octanol–water partition coefficient (Wildman–Crippen LogP) is 2.48. The molecule has 6 nitrogen and oxygen atoms in total. The van der Waals surface area contributed by atoms with Crippen LogP contribution in [0.25, 0.3) is 11.3 Å². The molecule has 2 rings (SSSR count). The average Bonchev–Trinajstić information content (AvgIpc) is 3.02. The van der Waals surface area contributed by atoms with Gasteiger partial charge in [0.1, 0.15) is 17.3 Å². The Morgan fingerprint density at radius 1 is 1.33 bits per heavy atom. The fraction of sp³-hybridized carbons (Fsp3) is 0.412. The van der Waals surface area contributed by atoms with Crippen molar-refractivity contribution >= 4 is 5.91 Å². The molecule has 1 N–H and O–H groups in total. The fourth-order valence-electron chi connectivity index (χ4n) is 2.31. The topological polar surface area (TPSA) is 65.4 Å². The number of nitrogens with zero attached hydrogens (tertiary/aromatic N) is 2. The highest BCUT2D eigenvalue weighted by molar-refractivity contribution is 5.93. The van der Waals surface area contributed by atoms with Crippen LogP contribution < -0.4 is 10.1 Å². The van der Waals surface area contributed by atoms with Gasteiger partial charge in [-0.3, -0.25) is 9.48 Å². The van der Waals surface area contributed by atoms with E-state index >= 15 is 0 Å². The summed E-state index contributed by atoms with van der Waals surface area (Å²) < 4.78 is 25.7. The molecule has 0 atom stereocenters. The molecular weight excluding hydrogens is 313 g/mol. The lowest BCUT2D eigenvalue weighted by atomic mass is 10.1. The van der Waals surface area contributed by atoms with Gasteiger partial charge in [0.05, 0.1) is 12.8 Å². The second-order valence-corrected chi connectivity index (χ2v) is 5.18. The van der Waals surface area contributed by atoms with E-state index < -0.39 is 5.82 Å². The van der Waals surface area contributed by atoms with E-state index in [-0.39, 0.29) is 5.91 Å². The van der Waals surface area contributed by atoms with Crippen molar-refractivity contribution in [3.8, 4) is 17.0 Å². The predicted molar refractivity (Wildman–Crippen MR) is 88.7 cm³/mol. The van der Waals surface area contributed by atoms with Crippen LogP contribution in [-0.4, -0.2) is 43.1 Å². The van der Waals surface area contributed by atoms with Gasteiger partial charge in [0.15, 0.2) is 0 Å². The van der Waals surface area contributed by atoms with E-state index in [1.165, 1.54) is 13.2 Å². The van der Waals surface area contributed by atoms with Crippen molar-refractivity contribution in [2.24, 2.45) is 0 Å². The molecular formula is C17H22FN3O3. The van der Waals surface area contributed by atoms with Gasteiger partial charge in [-0.1, -0.05) is 0 Å². The number of benzene rings is 1. The highest BCUT2D eigenvalue weighted by Gasteiger charge is 2.17. The van der Waals surface area contributed by atoms with E-state index in [9.17, 15) is 9.18 Å². The number of aryl methyl sites for hydroxylation is 1. The minimum absolute atomic E-state index is 0.236. The molecule has 0 radical (unpaired) electrons. The molecule has 130 valence electrons. The summed E-state index contributed by atoms with van der Waals surface area (Å²) in [6, 6.07) is 6.15. The second kappa shape index (κ2) is 8.44. The van der Waals surface area contributed by atoms with Crippen molar-refractivity contribution in [2.75, 3.05) is 27.4 Å². The maximum Gasteiger partial charge on any atom is 0.269 e. The van der Waals surface area contributed by atoms with Gasteiger partial charge in [-0.05, 0) is 31.5 Å². The van der Waals surface area contributed by atoms with Crippen LogP contribution in [0.5, 0.6) is 5.75 Å². The zero-order chi connectivity index (χ0) is 17.5. The molecule has 1 amide bonds. The number of carbonyl (C=O) groups excluding carboxylic acids is 1. The Labute approximate surface area is 140 Å². The Morgan fingerprint density at radius 3 is 2.75 bits per heavy atom. The summed E-state index contributed by atoms with van der Waals surface area (Å²) in [5, 5.41) is 7.14. The second-order valence-electron chi connectivity index (χ2n) is 5.18. The molecule has 0 aliphatic rings. The highest BCUT2D eigenvalue weighted by atomic mass is 19.1. The van der Waals surface area contributed by atoms with E-state index in [4.69, 9.17) is 9.47 Å². The smallest absolute Gasteiger partial charge is 0.269 e. The molecule has 24 heavy (non-hydrogen) atoms. The first-order valence-corrected chi connectivity index (χ1v) is 7.79. The van der Waals surface area contributed by atoms with Crippen LogP contribution in [0, 0.1) is 5.82 Å². The summed E-state index contributed by atoms with van der Waals surface area (Å²) in [6.07, 6.45) is 0.725. The lowest BCUT2D eigenvalue weighted by Gasteiger charge is -2.06. The van der Waals surface area contributed by atoms with Crippen LogP contribution in [0.15, 0.2) is 24.3 Å². The van der Waals surface area contributed by atoms with Crippen molar-refractivity contribution < 1.29 is 18.7 Å². The van der Waals surface area contributed by atoms with Crippen LogP contribution in [0.2, 0.25) is 0 Å². The number of carbonyl (C=O) groups is 1. The summed E-state index contributed by atoms with van der Waals surface area (Å²) in [5.74, 6) is -0.245. The van der Waals surface area contributed by atoms with Crippen molar-refractivity contribution in [3.63, 3.8) is 0 Å². The van der Waals surface area contributed by atoms with Gasteiger partial charge in [-0.25, -0.2) is 4.39 Å². The number of hydrogen-bond acceptors (Lipinski definition) is 4. The van der Waals surface area contributed by atoms with Gasteiger partial charge in [0.25, 0.3) is 5.91 Å². The SMILES string of the molecule is CCn1nc(-c2ccc(OC)cc2F)cc1C(=O)NCCCOC. The summed E-state index contributed by atoms with van der Waals surface area (Å²) in [7, 11) is 3.09. The van der Waals surface area contributed by atoms with Crippen LogP contribution in [-0.2, 0) is 11.3 Å². The number of methoxy groups -OCH3 is 2. The Morgan fingerprint density at radius 2 is 2.12 bits per heavy atom. The summed E-state index contributed by atoms with van der Waals surface area (Å²) >= 11 is 0. The molecule has 0 bridgehead atoms. The third-order valence-corrected chi connectivity index (χ3v) is 3.58. The number of aromatic nitrogens is 2. The zero-order valence-corrected chi connectivity index (χ0v) is 14.1. The maximum absolute atomic E-state index is 14.2. The molecule has 0 saturated heterocycles. The van der Waals surface area contributed by atoms with Gasteiger partial charge in [-0.2, -0.15) is 5.10 Å². The van der Waals surface area contributed by atoms with Gasteiger partial charge >= 0.3 is 0 Å². The minimum atomic E-state index is -0.442. The Hall–Kier alpha value is -2.41. The monoisotopic (exact) mass is 335 g/mol. The molecule has 0 aliphatic heterocycles. The normalized spacial score (nSPS) is 10.7. The quantitative estimate of drug-likeness (QED) is 0.753. The first-order chi connectivity index (χ1) is 11.6. The molecule has 1 heterocycles. The number of hydrogen-bond donors (Lipinski definition) is 1. The van der Waals surface area contributed by atoms with Gasteiger partial charge in [-0.15, -0.1) is 0 Å². The first-order valence-electron chi connectivity index (χ1n) is 7.79. The third-order valence-electron chi connectivity index (χ3n) is 3.58. The number of ether oxygens (including phenoxy) is 2. The summed E-state index contributed by atoms with van der Waals surface area (Å²) in [5.41, 5.74) is 1.15. The zero-order valence-electron chi connectivity index (χ0n) is 14.1. The molecule has 7 heteroatoms. The van der Waals surface area contributed by atoms with Crippen molar-refractivity contribution in [3.05, 3.63) is 35.8 Å². The Kier molecular flexibility index (Phi) is 6.31. The van der Waals surface area contributed by atoms with E-state index in [1.54, 1.807) is 30.0 Å². The molecule has 1 aromatic carbocycles. The molecule has 1 aromatic heterocycles. The van der Waals surface area contributed by atoms with E-state index in [2.05, 4.69) is 10.4 Å². The molecule has 0 aliphatic carbocycles. The molecule has 0 unspecified atom stereocenters. The summed E-state index contributed by atoms with van der Waals surface area (Å²) in [4.78, 5) is 12.3.